The Labute approximate surface area is 406 Å². The highest BCUT2D eigenvalue weighted by Crippen LogP contribution is 2.55. The van der Waals surface area contributed by atoms with Crippen LogP contribution < -0.4 is 9.80 Å². The van der Waals surface area contributed by atoms with E-state index in [2.05, 4.69) is 265 Å². The van der Waals surface area contributed by atoms with Gasteiger partial charge in [0.05, 0.1) is 44.5 Å². The molecule has 0 radical (unpaired) electrons. The van der Waals surface area contributed by atoms with Gasteiger partial charge in [0.15, 0.2) is 0 Å². The molecule has 2 aliphatic rings. The first-order chi connectivity index (χ1) is 34.3. The summed E-state index contributed by atoms with van der Waals surface area (Å²) < 4.78 is 5.12. The minimum atomic E-state index is -0.136. The van der Waals surface area contributed by atoms with E-state index in [1.54, 1.807) is 0 Å². The molecule has 0 aliphatic heterocycles. The third kappa shape index (κ3) is 5.10. The molecule has 4 nitrogen and oxygen atoms in total. The topological polar surface area (TPSA) is 15.3 Å². The monoisotopic (exact) mass is 896 g/mol. The first-order valence-electron chi connectivity index (χ1n) is 24.6. The van der Waals surface area contributed by atoms with E-state index in [0.717, 1.165) is 34.1 Å². The molecule has 10 aromatic carbocycles. The Morgan fingerprint density at radius 3 is 1.11 bits per heavy atom. The molecule has 13 aromatic rings. The molecular formula is C66H48N4. The summed E-state index contributed by atoms with van der Waals surface area (Å²) in [5, 5.41) is 4.91. The minimum Gasteiger partial charge on any atom is -0.310 e. The zero-order chi connectivity index (χ0) is 46.6. The van der Waals surface area contributed by atoms with Crippen LogP contribution in [0, 0.1) is 0 Å². The number of fused-ring (bicyclic) bond motifs is 14. The van der Waals surface area contributed by atoms with Crippen LogP contribution in [0.3, 0.4) is 0 Å². The fourth-order valence-corrected chi connectivity index (χ4v) is 13.0. The van der Waals surface area contributed by atoms with Crippen molar-refractivity contribution in [2.24, 2.45) is 0 Å². The van der Waals surface area contributed by atoms with Gasteiger partial charge < -0.3 is 18.6 Å². The quantitative estimate of drug-likeness (QED) is 0.155. The Balaban J connectivity index is 1.02. The van der Waals surface area contributed by atoms with E-state index in [4.69, 9.17) is 0 Å². The molecule has 2 aliphatic carbocycles. The normalized spacial score (nSPS) is 14.2. The number of hydrogen-bond donors (Lipinski definition) is 0. The van der Waals surface area contributed by atoms with Crippen molar-refractivity contribution in [1.82, 2.24) is 8.80 Å². The molecule has 0 saturated heterocycles. The Bertz CT molecular complexity index is 4030. The lowest BCUT2D eigenvalue weighted by Crippen LogP contribution is -2.16. The van der Waals surface area contributed by atoms with E-state index in [-0.39, 0.29) is 10.8 Å². The summed E-state index contributed by atoms with van der Waals surface area (Å²) in [6.07, 6.45) is 0. The second-order valence-corrected chi connectivity index (χ2v) is 20.5. The molecule has 0 bridgehead atoms. The zero-order valence-corrected chi connectivity index (χ0v) is 39.6. The van der Waals surface area contributed by atoms with Crippen molar-refractivity contribution in [1.29, 1.82) is 0 Å². The highest BCUT2D eigenvalue weighted by atomic mass is 15.2. The molecule has 332 valence electrons. The molecule has 0 saturated carbocycles. The third-order valence-corrected chi connectivity index (χ3v) is 16.2. The smallest absolute Gasteiger partial charge is 0.0804 e. The number of hydrogen-bond acceptors (Lipinski definition) is 2. The van der Waals surface area contributed by atoms with E-state index in [1.807, 2.05) is 0 Å². The van der Waals surface area contributed by atoms with Gasteiger partial charge in [0.2, 0.25) is 0 Å². The number of rotatable bonds is 6. The van der Waals surface area contributed by atoms with Crippen molar-refractivity contribution in [3.63, 3.8) is 0 Å². The van der Waals surface area contributed by atoms with Gasteiger partial charge in [-0.1, -0.05) is 161 Å². The van der Waals surface area contributed by atoms with E-state index < -0.39 is 0 Å². The molecule has 3 aromatic heterocycles. The van der Waals surface area contributed by atoms with Gasteiger partial charge >= 0.3 is 0 Å². The fourth-order valence-electron chi connectivity index (χ4n) is 13.0. The number of benzene rings is 10. The van der Waals surface area contributed by atoms with E-state index in [1.165, 1.54) is 99.2 Å². The first-order valence-corrected chi connectivity index (χ1v) is 24.6. The molecule has 0 amide bonds. The fraction of sp³-hybridized carbons (Fsp3) is 0.0909. The van der Waals surface area contributed by atoms with Gasteiger partial charge in [0.1, 0.15) is 0 Å². The van der Waals surface area contributed by atoms with Gasteiger partial charge in [-0.15, -0.1) is 0 Å². The highest BCUT2D eigenvalue weighted by molar-refractivity contribution is 6.27. The third-order valence-electron chi connectivity index (χ3n) is 16.2. The Morgan fingerprint density at radius 1 is 0.300 bits per heavy atom. The molecule has 0 N–H and O–H groups in total. The summed E-state index contributed by atoms with van der Waals surface area (Å²) in [6.45, 7) is 9.49. The molecule has 0 atom stereocenters. The van der Waals surface area contributed by atoms with Crippen LogP contribution >= 0.6 is 0 Å². The summed E-state index contributed by atoms with van der Waals surface area (Å²) in [7, 11) is 0. The summed E-state index contributed by atoms with van der Waals surface area (Å²) >= 11 is 0. The van der Waals surface area contributed by atoms with Crippen LogP contribution in [0.4, 0.5) is 34.1 Å². The maximum Gasteiger partial charge on any atom is 0.0804 e. The van der Waals surface area contributed by atoms with Crippen molar-refractivity contribution in [3.8, 4) is 22.3 Å². The molecule has 15 rings (SSSR count). The number of nitrogens with zero attached hydrogens (tertiary/aromatic N) is 4. The Morgan fingerprint density at radius 2 is 0.671 bits per heavy atom. The number of aromatic nitrogens is 2. The summed E-state index contributed by atoms with van der Waals surface area (Å²) in [5.74, 6) is 0. The summed E-state index contributed by atoms with van der Waals surface area (Å²) in [5.41, 5.74) is 24.5. The minimum absolute atomic E-state index is 0.136. The van der Waals surface area contributed by atoms with Crippen LogP contribution in [0.2, 0.25) is 0 Å². The van der Waals surface area contributed by atoms with Crippen molar-refractivity contribution in [2.45, 2.75) is 38.5 Å². The molecule has 0 spiro atoms. The van der Waals surface area contributed by atoms with Gasteiger partial charge in [-0.3, -0.25) is 0 Å². The second kappa shape index (κ2) is 14.0. The molecule has 3 heterocycles. The standard InChI is InChI=1S/C66H48N4/c1-65(2)51-27-15-11-23-45(51)47-33-31-43(39-53(47)65)67(41-19-7-5-8-20-41)57-35-37-59-63-61(57)49-25-13-17-29-55(49)69(63)60-38-36-58(62-50-26-14-18-30-56(50)70(59)64(60)62)68(42-21-9-6-10-22-42)44-32-34-48-46-24-12-16-28-52(46)66(3,4)54(48)40-44/h5-40H,1-4H3. The molecule has 0 fully saturated rings. The van der Waals surface area contributed by atoms with Crippen LogP contribution in [0.15, 0.2) is 218 Å². The molecule has 4 heteroatoms. The maximum absolute atomic E-state index is 2.56. The average Bonchev–Trinajstić information content (AvgIpc) is 4.08. The van der Waals surface area contributed by atoms with Gasteiger partial charge in [0.25, 0.3) is 0 Å². The van der Waals surface area contributed by atoms with E-state index in [9.17, 15) is 0 Å². The van der Waals surface area contributed by atoms with Gasteiger partial charge in [-0.2, -0.15) is 0 Å². The van der Waals surface area contributed by atoms with Crippen LogP contribution in [0.1, 0.15) is 49.9 Å². The Kier molecular flexibility index (Phi) is 7.88. The predicted octanol–water partition coefficient (Wildman–Crippen LogP) is 17.8. The maximum atomic E-state index is 2.56. The van der Waals surface area contributed by atoms with Crippen LogP contribution in [-0.4, -0.2) is 8.80 Å². The molecule has 70 heavy (non-hydrogen) atoms. The van der Waals surface area contributed by atoms with Crippen molar-refractivity contribution in [3.05, 3.63) is 241 Å². The highest BCUT2D eigenvalue weighted by Gasteiger charge is 2.38. The van der Waals surface area contributed by atoms with Gasteiger partial charge in [-0.05, 0) is 129 Å². The van der Waals surface area contributed by atoms with E-state index in [0.29, 0.717) is 0 Å². The van der Waals surface area contributed by atoms with Crippen LogP contribution in [-0.2, 0) is 10.8 Å². The SMILES string of the molecule is CC1(C)c2ccccc2-c2ccc(N(c3ccccc3)c3ccc4c5c3c3ccccc3n5c3ccc(N(c5ccccc5)c5ccc6c(c5)C(C)(C)c5ccccc5-6)c5c6ccccc6n4c53)cc21. The van der Waals surface area contributed by atoms with E-state index >= 15 is 0 Å². The lowest BCUT2D eigenvalue weighted by molar-refractivity contribution is 0.660. The zero-order valence-electron chi connectivity index (χ0n) is 39.6. The summed E-state index contributed by atoms with van der Waals surface area (Å²) in [4.78, 5) is 4.98. The van der Waals surface area contributed by atoms with Crippen molar-refractivity contribution < 1.29 is 0 Å². The predicted molar refractivity (Wildman–Crippen MR) is 294 cm³/mol. The summed E-state index contributed by atoms with van der Waals surface area (Å²) in [6, 6.07) is 81.5. The molecule has 0 unspecified atom stereocenters. The number of anilines is 6. The second-order valence-electron chi connectivity index (χ2n) is 20.5. The Hall–Kier alpha value is -8.60. The largest absolute Gasteiger partial charge is 0.310 e. The lowest BCUT2D eigenvalue weighted by Gasteiger charge is -2.29. The lowest BCUT2D eigenvalue weighted by atomic mass is 9.82. The van der Waals surface area contributed by atoms with Crippen LogP contribution in [0.5, 0.6) is 0 Å². The van der Waals surface area contributed by atoms with Gasteiger partial charge in [0, 0.05) is 55.1 Å². The van der Waals surface area contributed by atoms with Crippen LogP contribution in [0.25, 0.3) is 76.9 Å². The van der Waals surface area contributed by atoms with Gasteiger partial charge in [-0.25, -0.2) is 0 Å². The average molecular weight is 897 g/mol. The molecular weight excluding hydrogens is 849 g/mol. The first kappa shape index (κ1) is 39.4. The number of para-hydroxylation sites is 4. The van der Waals surface area contributed by atoms with Crippen molar-refractivity contribution in [2.75, 3.05) is 9.80 Å². The van der Waals surface area contributed by atoms with Crippen molar-refractivity contribution >= 4 is 88.8 Å².